The zero-order chi connectivity index (χ0) is 15.8. The highest BCUT2D eigenvalue weighted by atomic mass is 32.2. The van der Waals surface area contributed by atoms with Gasteiger partial charge in [-0.25, -0.2) is 0 Å². The number of nitrogens with one attached hydrogen (secondary N) is 1. The van der Waals surface area contributed by atoms with E-state index in [2.05, 4.69) is 12.2 Å². The Morgan fingerprint density at radius 2 is 1.91 bits per heavy atom. The third-order valence-electron chi connectivity index (χ3n) is 3.34. The Hall–Kier alpha value is -1.33. The van der Waals surface area contributed by atoms with E-state index in [1.807, 2.05) is 30.3 Å². The Kier molecular flexibility index (Phi) is 6.93. The van der Waals surface area contributed by atoms with Crippen molar-refractivity contribution in [3.05, 3.63) is 34.7 Å². The molecule has 0 aliphatic carbocycles. The minimum absolute atomic E-state index is 0.123. The van der Waals surface area contributed by atoms with Gasteiger partial charge in [0.15, 0.2) is 0 Å². The molecule has 1 aliphatic rings. The summed E-state index contributed by atoms with van der Waals surface area (Å²) in [5, 5.41) is 2.61. The first-order valence-corrected chi connectivity index (χ1v) is 8.89. The molecule has 1 aromatic carbocycles. The number of thioether (sulfide) groups is 1. The third kappa shape index (κ3) is 5.46. The van der Waals surface area contributed by atoms with Crippen molar-refractivity contribution in [2.45, 2.75) is 39.0 Å². The molecule has 1 aliphatic heterocycles. The van der Waals surface area contributed by atoms with Gasteiger partial charge >= 0.3 is 0 Å². The third-order valence-corrected chi connectivity index (χ3v) is 4.50. The van der Waals surface area contributed by atoms with E-state index in [9.17, 15) is 4.79 Å². The maximum absolute atomic E-state index is 11.6. The van der Waals surface area contributed by atoms with Crippen LogP contribution in [0.1, 0.15) is 44.6 Å². The molecule has 0 unspecified atom stereocenters. The van der Waals surface area contributed by atoms with E-state index >= 15 is 0 Å². The predicted molar refractivity (Wildman–Crippen MR) is 97.0 cm³/mol. The van der Waals surface area contributed by atoms with Crippen molar-refractivity contribution in [1.82, 2.24) is 5.32 Å². The van der Waals surface area contributed by atoms with Gasteiger partial charge in [-0.3, -0.25) is 4.79 Å². The molecular formula is C17H21NO2S2. The highest BCUT2D eigenvalue weighted by Gasteiger charge is 2.21. The molecule has 1 amide bonds. The Morgan fingerprint density at radius 1 is 1.18 bits per heavy atom. The van der Waals surface area contributed by atoms with E-state index in [0.29, 0.717) is 9.23 Å². The van der Waals surface area contributed by atoms with Crippen LogP contribution in [-0.4, -0.2) is 16.8 Å². The number of hydrogen-bond donors (Lipinski definition) is 1. The van der Waals surface area contributed by atoms with Crippen molar-refractivity contribution < 1.29 is 9.53 Å². The molecule has 118 valence electrons. The fraction of sp³-hybridized carbons (Fsp3) is 0.412. The molecule has 3 nitrogen and oxygen atoms in total. The Labute approximate surface area is 141 Å². The van der Waals surface area contributed by atoms with Crippen LogP contribution < -0.4 is 10.1 Å². The molecular weight excluding hydrogens is 314 g/mol. The van der Waals surface area contributed by atoms with Gasteiger partial charge in [-0.15, -0.1) is 0 Å². The number of unbranched alkanes of at least 4 members (excludes halogenated alkanes) is 4. The van der Waals surface area contributed by atoms with Crippen LogP contribution in [0.2, 0.25) is 0 Å². The maximum Gasteiger partial charge on any atom is 0.263 e. The average Bonchev–Trinajstić information content (AvgIpc) is 2.82. The molecule has 1 saturated heterocycles. The minimum Gasteiger partial charge on any atom is -0.494 e. The van der Waals surface area contributed by atoms with Gasteiger partial charge in [-0.1, -0.05) is 68.7 Å². The van der Waals surface area contributed by atoms with Gasteiger partial charge in [-0.05, 0) is 30.2 Å². The lowest BCUT2D eigenvalue weighted by Crippen LogP contribution is -2.17. The molecule has 0 radical (unpaired) electrons. The van der Waals surface area contributed by atoms with Crippen LogP contribution >= 0.6 is 24.0 Å². The molecule has 1 fully saturated rings. The average molecular weight is 335 g/mol. The van der Waals surface area contributed by atoms with Crippen molar-refractivity contribution in [2.75, 3.05) is 6.61 Å². The minimum atomic E-state index is -0.123. The SMILES string of the molecule is CCCCCCCOc1ccc(/C=C2/SC(=S)NC2=O)cc1. The molecule has 1 heterocycles. The number of ether oxygens (including phenoxy) is 1. The second-order valence-electron chi connectivity index (χ2n) is 5.18. The van der Waals surface area contributed by atoms with E-state index in [-0.39, 0.29) is 5.91 Å². The summed E-state index contributed by atoms with van der Waals surface area (Å²) in [6, 6.07) is 7.78. The van der Waals surface area contributed by atoms with Gasteiger partial charge < -0.3 is 10.1 Å². The van der Waals surface area contributed by atoms with Crippen molar-refractivity contribution in [2.24, 2.45) is 0 Å². The molecule has 1 aromatic rings. The van der Waals surface area contributed by atoms with Gasteiger partial charge in [0.2, 0.25) is 0 Å². The number of thiocarbonyl (C=S) groups is 1. The van der Waals surface area contributed by atoms with Crippen molar-refractivity contribution >= 4 is 40.3 Å². The zero-order valence-electron chi connectivity index (χ0n) is 12.8. The van der Waals surface area contributed by atoms with E-state index in [1.165, 1.54) is 37.4 Å². The number of carbonyl (C=O) groups is 1. The van der Waals surface area contributed by atoms with E-state index in [4.69, 9.17) is 17.0 Å². The van der Waals surface area contributed by atoms with Crippen LogP contribution in [0.4, 0.5) is 0 Å². The number of benzene rings is 1. The van der Waals surface area contributed by atoms with Gasteiger partial charge in [0.25, 0.3) is 5.91 Å². The molecule has 0 atom stereocenters. The molecule has 0 saturated carbocycles. The van der Waals surface area contributed by atoms with Gasteiger partial charge in [0, 0.05) is 0 Å². The molecule has 0 bridgehead atoms. The summed E-state index contributed by atoms with van der Waals surface area (Å²) >= 11 is 6.26. The van der Waals surface area contributed by atoms with Crippen LogP contribution in [-0.2, 0) is 4.79 Å². The van der Waals surface area contributed by atoms with Crippen molar-refractivity contribution in [1.29, 1.82) is 0 Å². The summed E-state index contributed by atoms with van der Waals surface area (Å²) in [5.41, 5.74) is 0.970. The first kappa shape index (κ1) is 17.0. The first-order chi connectivity index (χ1) is 10.7. The van der Waals surface area contributed by atoms with Gasteiger partial charge in [-0.2, -0.15) is 0 Å². The summed E-state index contributed by atoms with van der Waals surface area (Å²) in [7, 11) is 0. The Balaban J connectivity index is 1.79. The van der Waals surface area contributed by atoms with Crippen LogP contribution in [0.5, 0.6) is 5.75 Å². The highest BCUT2D eigenvalue weighted by Crippen LogP contribution is 2.26. The molecule has 1 N–H and O–H groups in total. The monoisotopic (exact) mass is 335 g/mol. The predicted octanol–water partition coefficient (Wildman–Crippen LogP) is 4.52. The normalized spacial score (nSPS) is 16.1. The quantitative estimate of drug-likeness (QED) is 0.430. The molecule has 22 heavy (non-hydrogen) atoms. The fourth-order valence-electron chi connectivity index (χ4n) is 2.13. The van der Waals surface area contributed by atoms with Crippen LogP contribution in [0.3, 0.4) is 0 Å². The standard InChI is InChI=1S/C17H21NO2S2/c1-2-3-4-5-6-11-20-14-9-7-13(8-10-14)12-15-16(19)18-17(21)22-15/h7-10,12H,2-6,11H2,1H3,(H,18,19,21)/b15-12+. The summed E-state index contributed by atoms with van der Waals surface area (Å²) < 4.78 is 6.24. The van der Waals surface area contributed by atoms with E-state index in [0.717, 1.165) is 24.3 Å². The number of carbonyl (C=O) groups excluding carboxylic acids is 1. The number of rotatable bonds is 8. The Bertz CT molecular complexity index is 552. The lowest BCUT2D eigenvalue weighted by Gasteiger charge is -2.06. The molecule has 5 heteroatoms. The zero-order valence-corrected chi connectivity index (χ0v) is 14.4. The summed E-state index contributed by atoms with van der Waals surface area (Å²) in [4.78, 5) is 12.2. The molecule has 0 aromatic heterocycles. The van der Waals surface area contributed by atoms with E-state index in [1.54, 1.807) is 0 Å². The summed E-state index contributed by atoms with van der Waals surface area (Å²) in [6.07, 6.45) is 8.02. The van der Waals surface area contributed by atoms with E-state index < -0.39 is 0 Å². The lowest BCUT2D eigenvalue weighted by atomic mass is 10.2. The molecule has 0 spiro atoms. The topological polar surface area (TPSA) is 38.3 Å². The maximum atomic E-state index is 11.6. The number of amides is 1. The van der Waals surface area contributed by atoms with Gasteiger partial charge in [0.05, 0.1) is 11.5 Å². The lowest BCUT2D eigenvalue weighted by molar-refractivity contribution is -0.115. The fourth-order valence-corrected chi connectivity index (χ4v) is 3.17. The van der Waals surface area contributed by atoms with Crippen molar-refractivity contribution in [3.63, 3.8) is 0 Å². The van der Waals surface area contributed by atoms with Crippen molar-refractivity contribution in [3.8, 4) is 5.75 Å². The largest absolute Gasteiger partial charge is 0.494 e. The second-order valence-corrected chi connectivity index (χ2v) is 6.90. The van der Waals surface area contributed by atoms with Gasteiger partial charge in [0.1, 0.15) is 10.1 Å². The van der Waals surface area contributed by atoms with Crippen LogP contribution in [0, 0.1) is 0 Å². The molecule has 2 rings (SSSR count). The van der Waals surface area contributed by atoms with Crippen LogP contribution in [0.15, 0.2) is 29.2 Å². The smallest absolute Gasteiger partial charge is 0.263 e. The van der Waals surface area contributed by atoms with Crippen LogP contribution in [0.25, 0.3) is 6.08 Å². The summed E-state index contributed by atoms with van der Waals surface area (Å²) in [5.74, 6) is 0.749. The first-order valence-electron chi connectivity index (χ1n) is 7.67. The highest BCUT2D eigenvalue weighted by molar-refractivity contribution is 8.26. The Morgan fingerprint density at radius 3 is 2.55 bits per heavy atom. The summed E-state index contributed by atoms with van der Waals surface area (Å²) in [6.45, 7) is 2.98. The number of hydrogen-bond acceptors (Lipinski definition) is 4. The second kappa shape index (κ2) is 8.96.